The second-order valence-electron chi connectivity index (χ2n) is 5.32. The van der Waals surface area contributed by atoms with Gasteiger partial charge in [0.1, 0.15) is 5.54 Å². The van der Waals surface area contributed by atoms with Gasteiger partial charge >= 0.3 is 5.97 Å². The Bertz CT molecular complexity index is 463. The highest BCUT2D eigenvalue weighted by atomic mass is 16.5. The molecular weight excluding hydrogens is 270 g/mol. The predicted molar refractivity (Wildman–Crippen MR) is 82.0 cm³/mol. The maximum Gasteiger partial charge on any atom is 0.323 e. The lowest BCUT2D eigenvalue weighted by Crippen LogP contribution is -2.50. The molecule has 0 amide bonds. The van der Waals surface area contributed by atoms with Gasteiger partial charge in [-0.3, -0.25) is 4.79 Å². The first-order valence-corrected chi connectivity index (χ1v) is 7.23. The lowest BCUT2D eigenvalue weighted by molar-refractivity contribution is -0.145. The van der Waals surface area contributed by atoms with Gasteiger partial charge in [0.25, 0.3) is 0 Å². The van der Waals surface area contributed by atoms with Crippen LogP contribution in [0, 0.1) is 0 Å². The van der Waals surface area contributed by atoms with E-state index in [1.807, 2.05) is 38.1 Å². The molecule has 2 N–H and O–H groups in total. The van der Waals surface area contributed by atoms with E-state index in [0.717, 1.165) is 6.42 Å². The quantitative estimate of drug-likeness (QED) is 0.733. The summed E-state index contributed by atoms with van der Waals surface area (Å²) >= 11 is 0. The van der Waals surface area contributed by atoms with Crippen LogP contribution in [0.4, 0.5) is 0 Å². The van der Waals surface area contributed by atoms with E-state index in [4.69, 9.17) is 9.47 Å². The molecule has 0 fully saturated rings. The highest BCUT2D eigenvalue weighted by Gasteiger charge is 2.33. The van der Waals surface area contributed by atoms with Gasteiger partial charge in [-0.15, -0.1) is 0 Å². The van der Waals surface area contributed by atoms with Crippen LogP contribution < -0.4 is 14.8 Å². The Morgan fingerprint density at radius 2 is 2.00 bits per heavy atom. The fourth-order valence-electron chi connectivity index (χ4n) is 2.01. The van der Waals surface area contributed by atoms with Gasteiger partial charge in [0.2, 0.25) is 0 Å². The predicted octanol–water partition coefficient (Wildman–Crippen LogP) is 2.70. The van der Waals surface area contributed by atoms with Crippen LogP contribution in [0.2, 0.25) is 0 Å². The van der Waals surface area contributed by atoms with E-state index >= 15 is 0 Å². The Labute approximate surface area is 126 Å². The van der Waals surface area contributed by atoms with Crippen LogP contribution in [-0.2, 0) is 4.79 Å². The maximum atomic E-state index is 11.3. The van der Waals surface area contributed by atoms with Crippen LogP contribution >= 0.6 is 0 Å². The number of hydrogen-bond acceptors (Lipinski definition) is 4. The fraction of sp³-hybridized carbons (Fsp3) is 0.562. The Kier molecular flexibility index (Phi) is 6.49. The molecule has 0 saturated carbocycles. The van der Waals surface area contributed by atoms with E-state index in [0.29, 0.717) is 24.5 Å². The van der Waals surface area contributed by atoms with Gasteiger partial charge in [-0.1, -0.05) is 19.1 Å². The van der Waals surface area contributed by atoms with Gasteiger partial charge in [-0.2, -0.15) is 0 Å². The molecule has 0 aliphatic heterocycles. The van der Waals surface area contributed by atoms with Crippen molar-refractivity contribution >= 4 is 5.97 Å². The second kappa shape index (κ2) is 7.88. The molecule has 5 heteroatoms. The van der Waals surface area contributed by atoms with E-state index in [9.17, 15) is 9.90 Å². The van der Waals surface area contributed by atoms with E-state index in [1.54, 1.807) is 14.0 Å². The highest BCUT2D eigenvalue weighted by molar-refractivity contribution is 5.78. The third-order valence-corrected chi connectivity index (χ3v) is 3.36. The Morgan fingerprint density at radius 1 is 1.38 bits per heavy atom. The zero-order valence-electron chi connectivity index (χ0n) is 13.2. The molecule has 2 atom stereocenters. The van der Waals surface area contributed by atoms with Crippen molar-refractivity contribution in [2.45, 2.75) is 45.3 Å². The average Bonchev–Trinajstić information content (AvgIpc) is 2.45. The van der Waals surface area contributed by atoms with Gasteiger partial charge in [0.15, 0.2) is 11.5 Å². The standard InChI is InChI=1S/C16H25NO4/c1-5-10-20-13-8-6-7-9-14(13)21-12(2)11-16(3,17-4)15(18)19/h6-9,12,17H,5,10-11H2,1-4H3,(H,18,19). The molecule has 0 aliphatic carbocycles. The number of hydrogen-bond donors (Lipinski definition) is 2. The number of carboxylic acids is 1. The van der Waals surface area contributed by atoms with E-state index < -0.39 is 11.5 Å². The van der Waals surface area contributed by atoms with Crippen LogP contribution in [-0.4, -0.2) is 36.4 Å². The van der Waals surface area contributed by atoms with Crippen LogP contribution in [0.5, 0.6) is 11.5 Å². The Balaban J connectivity index is 2.74. The molecular formula is C16H25NO4. The number of nitrogens with one attached hydrogen (secondary N) is 1. The number of para-hydroxylation sites is 2. The molecule has 0 bridgehead atoms. The average molecular weight is 295 g/mol. The normalized spacial score (nSPS) is 15.0. The summed E-state index contributed by atoms with van der Waals surface area (Å²) in [4.78, 5) is 11.3. The van der Waals surface area contributed by atoms with Crippen molar-refractivity contribution in [1.82, 2.24) is 5.32 Å². The number of ether oxygens (including phenoxy) is 2. The minimum absolute atomic E-state index is 0.259. The van der Waals surface area contributed by atoms with Gasteiger partial charge in [-0.05, 0) is 39.4 Å². The first-order valence-electron chi connectivity index (χ1n) is 7.23. The molecule has 118 valence electrons. The summed E-state index contributed by atoms with van der Waals surface area (Å²) in [5.41, 5.74) is -1.02. The fourth-order valence-corrected chi connectivity index (χ4v) is 2.01. The minimum atomic E-state index is -1.02. The van der Waals surface area contributed by atoms with Crippen molar-refractivity contribution in [2.24, 2.45) is 0 Å². The minimum Gasteiger partial charge on any atom is -0.490 e. The molecule has 0 aliphatic rings. The monoisotopic (exact) mass is 295 g/mol. The first-order chi connectivity index (χ1) is 9.92. The summed E-state index contributed by atoms with van der Waals surface area (Å²) in [5.74, 6) is 0.436. The van der Waals surface area contributed by atoms with Crippen molar-refractivity contribution in [1.29, 1.82) is 0 Å². The van der Waals surface area contributed by atoms with Crippen molar-refractivity contribution in [3.63, 3.8) is 0 Å². The Morgan fingerprint density at radius 3 is 2.52 bits per heavy atom. The highest BCUT2D eigenvalue weighted by Crippen LogP contribution is 2.29. The lowest BCUT2D eigenvalue weighted by Gasteiger charge is -2.28. The van der Waals surface area contributed by atoms with Crippen LogP contribution in [0.1, 0.15) is 33.6 Å². The van der Waals surface area contributed by atoms with Crippen molar-refractivity contribution in [2.75, 3.05) is 13.7 Å². The van der Waals surface area contributed by atoms with Crippen LogP contribution in [0.3, 0.4) is 0 Å². The molecule has 1 aromatic carbocycles. The molecule has 1 aromatic rings. The molecule has 21 heavy (non-hydrogen) atoms. The third kappa shape index (κ3) is 4.93. The maximum absolute atomic E-state index is 11.3. The molecule has 5 nitrogen and oxygen atoms in total. The summed E-state index contributed by atoms with van der Waals surface area (Å²) < 4.78 is 11.5. The lowest BCUT2D eigenvalue weighted by atomic mass is 9.95. The molecule has 0 spiro atoms. The van der Waals surface area contributed by atoms with E-state index in [-0.39, 0.29) is 6.10 Å². The molecule has 0 heterocycles. The topological polar surface area (TPSA) is 67.8 Å². The number of likely N-dealkylation sites (N-methyl/N-ethyl adjacent to an activating group) is 1. The van der Waals surface area contributed by atoms with Crippen molar-refractivity contribution in [3.05, 3.63) is 24.3 Å². The van der Waals surface area contributed by atoms with Crippen LogP contribution in [0.25, 0.3) is 0 Å². The third-order valence-electron chi connectivity index (χ3n) is 3.36. The van der Waals surface area contributed by atoms with Crippen molar-refractivity contribution < 1.29 is 19.4 Å². The SMILES string of the molecule is CCCOc1ccccc1OC(C)CC(C)(NC)C(=O)O. The Hall–Kier alpha value is -1.75. The van der Waals surface area contributed by atoms with Gasteiger partial charge in [0.05, 0.1) is 12.7 Å². The second-order valence-corrected chi connectivity index (χ2v) is 5.32. The van der Waals surface area contributed by atoms with Gasteiger partial charge in [-0.25, -0.2) is 0 Å². The number of carboxylic acid groups (broad SMARTS) is 1. The van der Waals surface area contributed by atoms with Gasteiger partial charge < -0.3 is 19.9 Å². The van der Waals surface area contributed by atoms with E-state index in [2.05, 4.69) is 5.32 Å². The molecule has 1 rings (SSSR count). The van der Waals surface area contributed by atoms with Crippen LogP contribution in [0.15, 0.2) is 24.3 Å². The number of carbonyl (C=O) groups is 1. The number of aliphatic carboxylic acids is 1. The molecule has 0 aromatic heterocycles. The first kappa shape index (κ1) is 17.3. The van der Waals surface area contributed by atoms with Gasteiger partial charge in [0, 0.05) is 6.42 Å². The summed E-state index contributed by atoms with van der Waals surface area (Å²) in [6.07, 6.45) is 1.01. The molecule has 0 saturated heterocycles. The summed E-state index contributed by atoms with van der Waals surface area (Å²) in [7, 11) is 1.64. The summed E-state index contributed by atoms with van der Waals surface area (Å²) in [6.45, 7) is 6.17. The number of benzene rings is 1. The zero-order valence-corrected chi connectivity index (χ0v) is 13.2. The summed E-state index contributed by atoms with van der Waals surface area (Å²) in [6, 6.07) is 7.44. The summed E-state index contributed by atoms with van der Waals surface area (Å²) in [5, 5.41) is 12.1. The molecule has 2 unspecified atom stereocenters. The molecule has 0 radical (unpaired) electrons. The largest absolute Gasteiger partial charge is 0.490 e. The smallest absolute Gasteiger partial charge is 0.323 e. The number of rotatable bonds is 9. The van der Waals surface area contributed by atoms with Crippen molar-refractivity contribution in [3.8, 4) is 11.5 Å². The zero-order chi connectivity index (χ0) is 15.9. The van der Waals surface area contributed by atoms with E-state index in [1.165, 1.54) is 0 Å².